The number of amides is 1. The number of carbonyl (C=O) groups excluding carboxylic acids is 1. The number of hydrogen-bond donors (Lipinski definition) is 1. The Balaban J connectivity index is 1.70. The number of carbonyl (C=O) groups is 1. The predicted octanol–water partition coefficient (Wildman–Crippen LogP) is 2.15. The number of ether oxygens (including phenoxy) is 1. The van der Waals surface area contributed by atoms with E-state index >= 15 is 0 Å². The third-order valence-corrected chi connectivity index (χ3v) is 5.43. The fourth-order valence-electron chi connectivity index (χ4n) is 3.86. The smallest absolute Gasteiger partial charge is 0.224 e. The second kappa shape index (κ2) is 7.50. The molecule has 1 aromatic heterocycles. The normalized spacial score (nSPS) is 20.0. The fraction of sp³-hybridized carbons (Fsp3) is 0.500. The lowest BCUT2D eigenvalue weighted by Crippen LogP contribution is -2.36. The molecule has 2 aromatic rings. The molecule has 0 radical (unpaired) electrons. The van der Waals surface area contributed by atoms with E-state index in [-0.39, 0.29) is 18.0 Å². The Morgan fingerprint density at radius 1 is 1.23 bits per heavy atom. The molecule has 26 heavy (non-hydrogen) atoms. The third-order valence-electron chi connectivity index (χ3n) is 5.43. The van der Waals surface area contributed by atoms with Crippen molar-refractivity contribution >= 4 is 5.91 Å². The number of aromatic nitrogens is 2. The summed E-state index contributed by atoms with van der Waals surface area (Å²) in [6, 6.07) is 8.26. The number of benzene rings is 1. The minimum absolute atomic E-state index is 0.0343. The minimum atomic E-state index is 0.0343. The Morgan fingerprint density at radius 2 is 1.92 bits per heavy atom. The van der Waals surface area contributed by atoms with Gasteiger partial charge in [-0.05, 0) is 44.5 Å². The van der Waals surface area contributed by atoms with Crippen molar-refractivity contribution < 1.29 is 9.53 Å². The Morgan fingerprint density at radius 3 is 2.50 bits per heavy atom. The van der Waals surface area contributed by atoms with Crippen molar-refractivity contribution in [2.75, 3.05) is 20.7 Å². The Kier molecular flexibility index (Phi) is 5.32. The second-order valence-corrected chi connectivity index (χ2v) is 7.02. The van der Waals surface area contributed by atoms with E-state index in [1.165, 1.54) is 11.1 Å². The fourth-order valence-corrected chi connectivity index (χ4v) is 3.86. The molecule has 6 nitrogen and oxygen atoms in total. The number of rotatable bonds is 6. The number of methoxy groups -OCH3 is 1. The molecule has 1 saturated heterocycles. The summed E-state index contributed by atoms with van der Waals surface area (Å²) in [6.07, 6.45) is 1.44. The monoisotopic (exact) mass is 356 g/mol. The van der Waals surface area contributed by atoms with Gasteiger partial charge >= 0.3 is 0 Å². The average Bonchev–Trinajstić information content (AvgIpc) is 3.04. The lowest BCUT2D eigenvalue weighted by molar-refractivity contribution is -0.127. The van der Waals surface area contributed by atoms with Gasteiger partial charge in [0, 0.05) is 37.8 Å². The molecule has 0 aliphatic carbocycles. The van der Waals surface area contributed by atoms with Crippen LogP contribution < -0.4 is 10.1 Å². The van der Waals surface area contributed by atoms with Crippen molar-refractivity contribution in [1.29, 1.82) is 0 Å². The highest BCUT2D eigenvalue weighted by Crippen LogP contribution is 2.35. The second-order valence-electron chi connectivity index (χ2n) is 7.02. The molecule has 6 heteroatoms. The number of nitrogens with one attached hydrogen (secondary N) is 1. The topological polar surface area (TPSA) is 59.4 Å². The molecule has 1 aliphatic heterocycles. The van der Waals surface area contributed by atoms with Gasteiger partial charge < -0.3 is 15.0 Å². The van der Waals surface area contributed by atoms with Gasteiger partial charge in [0.1, 0.15) is 5.75 Å². The van der Waals surface area contributed by atoms with E-state index in [0.29, 0.717) is 6.42 Å². The van der Waals surface area contributed by atoms with Crippen LogP contribution in [0.3, 0.4) is 0 Å². The first-order valence-corrected chi connectivity index (χ1v) is 9.04. The maximum atomic E-state index is 12.3. The van der Waals surface area contributed by atoms with E-state index in [1.807, 2.05) is 42.7 Å². The summed E-state index contributed by atoms with van der Waals surface area (Å²) in [5.74, 6) is 1.05. The zero-order valence-corrected chi connectivity index (χ0v) is 16.2. The molecule has 0 saturated carbocycles. The van der Waals surface area contributed by atoms with Gasteiger partial charge in [-0.25, -0.2) is 0 Å². The van der Waals surface area contributed by atoms with Crippen molar-refractivity contribution in [3.05, 3.63) is 46.8 Å². The largest absolute Gasteiger partial charge is 0.497 e. The van der Waals surface area contributed by atoms with Crippen molar-refractivity contribution in [3.63, 3.8) is 0 Å². The molecule has 0 bridgehead atoms. The van der Waals surface area contributed by atoms with Crippen molar-refractivity contribution in [1.82, 2.24) is 20.0 Å². The van der Waals surface area contributed by atoms with E-state index in [9.17, 15) is 4.79 Å². The Labute approximate surface area is 155 Å². The molecular weight excluding hydrogens is 328 g/mol. The summed E-state index contributed by atoms with van der Waals surface area (Å²) in [7, 11) is 5.52. The van der Waals surface area contributed by atoms with Crippen LogP contribution in [0.4, 0.5) is 0 Å². The van der Waals surface area contributed by atoms with Crippen LogP contribution in [0.25, 0.3) is 0 Å². The highest BCUT2D eigenvalue weighted by Gasteiger charge is 2.40. The van der Waals surface area contributed by atoms with Gasteiger partial charge in [-0.1, -0.05) is 12.1 Å². The van der Waals surface area contributed by atoms with Gasteiger partial charge in [-0.2, -0.15) is 5.10 Å². The van der Waals surface area contributed by atoms with Crippen LogP contribution in [-0.2, 0) is 18.3 Å². The first-order valence-electron chi connectivity index (χ1n) is 9.04. The average molecular weight is 356 g/mol. The molecule has 1 fully saturated rings. The van der Waals surface area contributed by atoms with E-state index < -0.39 is 0 Å². The van der Waals surface area contributed by atoms with Crippen LogP contribution in [-0.4, -0.2) is 47.3 Å². The van der Waals surface area contributed by atoms with E-state index in [1.54, 1.807) is 7.11 Å². The van der Waals surface area contributed by atoms with Crippen LogP contribution in [0.15, 0.2) is 24.3 Å². The van der Waals surface area contributed by atoms with Crippen molar-refractivity contribution in [2.45, 2.75) is 38.8 Å². The quantitative estimate of drug-likeness (QED) is 0.862. The zero-order valence-electron chi connectivity index (χ0n) is 16.2. The molecule has 0 spiro atoms. The molecule has 1 aliphatic rings. The van der Waals surface area contributed by atoms with Crippen LogP contribution >= 0.6 is 0 Å². The van der Waals surface area contributed by atoms with Gasteiger partial charge in [0.05, 0.1) is 18.8 Å². The molecule has 1 amide bonds. The highest BCUT2D eigenvalue weighted by atomic mass is 16.5. The predicted molar refractivity (Wildman–Crippen MR) is 101 cm³/mol. The van der Waals surface area contributed by atoms with Crippen LogP contribution in [0.2, 0.25) is 0 Å². The van der Waals surface area contributed by atoms with Gasteiger partial charge in [0.25, 0.3) is 0 Å². The summed E-state index contributed by atoms with van der Waals surface area (Å²) in [5.41, 5.74) is 4.54. The molecule has 140 valence electrons. The molecular formula is C20H28N4O2. The van der Waals surface area contributed by atoms with E-state index in [2.05, 4.69) is 29.5 Å². The highest BCUT2D eigenvalue weighted by molar-refractivity contribution is 5.80. The molecule has 1 aromatic carbocycles. The van der Waals surface area contributed by atoms with Crippen LogP contribution in [0, 0.1) is 13.8 Å². The standard InChI is InChI=1S/C20H28N4O2/c1-13-19(14(2)24(4)22-13)20-17(12-18(25)23(20)3)21-11-10-15-6-8-16(26-5)9-7-15/h6-9,17,20-21H,10-12H2,1-5H3/t17-,20-/m1/s1. The minimum Gasteiger partial charge on any atom is -0.497 e. The molecule has 3 rings (SSSR count). The number of aryl methyl sites for hydroxylation is 2. The van der Waals surface area contributed by atoms with Crippen LogP contribution in [0.5, 0.6) is 5.75 Å². The van der Waals surface area contributed by atoms with Gasteiger partial charge in [0.15, 0.2) is 0 Å². The first kappa shape index (κ1) is 18.5. The SMILES string of the molecule is COc1ccc(CCN[C@@H]2CC(=O)N(C)[C@H]2c2c(C)nn(C)c2C)cc1. The lowest BCUT2D eigenvalue weighted by atomic mass is 9.98. The summed E-state index contributed by atoms with van der Waals surface area (Å²) in [4.78, 5) is 14.2. The molecule has 1 N–H and O–H groups in total. The van der Waals surface area contributed by atoms with Gasteiger partial charge in [-0.15, -0.1) is 0 Å². The summed E-state index contributed by atoms with van der Waals surface area (Å²) < 4.78 is 7.10. The maximum Gasteiger partial charge on any atom is 0.224 e. The zero-order chi connectivity index (χ0) is 18.8. The van der Waals surface area contributed by atoms with Gasteiger partial charge in [0.2, 0.25) is 5.91 Å². The molecule has 0 unspecified atom stereocenters. The van der Waals surface area contributed by atoms with E-state index in [4.69, 9.17) is 4.74 Å². The third kappa shape index (κ3) is 3.46. The number of nitrogens with zero attached hydrogens (tertiary/aromatic N) is 3. The molecule has 2 heterocycles. The van der Waals surface area contributed by atoms with E-state index in [0.717, 1.165) is 30.1 Å². The summed E-state index contributed by atoms with van der Waals surface area (Å²) >= 11 is 0. The number of likely N-dealkylation sites (N-methyl/N-ethyl adjacent to an activating group) is 1. The maximum absolute atomic E-state index is 12.3. The first-order chi connectivity index (χ1) is 12.4. The molecule has 2 atom stereocenters. The van der Waals surface area contributed by atoms with Crippen molar-refractivity contribution in [2.24, 2.45) is 7.05 Å². The Bertz CT molecular complexity index is 782. The summed E-state index contributed by atoms with van der Waals surface area (Å²) in [6.45, 7) is 4.92. The lowest BCUT2D eigenvalue weighted by Gasteiger charge is -2.26. The number of hydrogen-bond acceptors (Lipinski definition) is 4. The Hall–Kier alpha value is -2.34. The number of likely N-dealkylation sites (tertiary alicyclic amines) is 1. The van der Waals surface area contributed by atoms with Crippen LogP contribution in [0.1, 0.15) is 35.0 Å². The van der Waals surface area contributed by atoms with Gasteiger partial charge in [-0.3, -0.25) is 9.48 Å². The summed E-state index contributed by atoms with van der Waals surface area (Å²) in [5, 5.41) is 8.13. The van der Waals surface area contributed by atoms with Crippen molar-refractivity contribution in [3.8, 4) is 5.75 Å².